The first-order valence-electron chi connectivity index (χ1n) is 8.22. The number of aromatic nitrogens is 4. The molecule has 4 rings (SSSR count). The molecule has 6 heteroatoms. The predicted octanol–water partition coefficient (Wildman–Crippen LogP) is 3.37. The zero-order valence-electron chi connectivity index (χ0n) is 14.0. The van der Waals surface area contributed by atoms with Crippen LogP contribution in [0.15, 0.2) is 86.0 Å². The number of nitrogens with zero attached hydrogens (tertiary/aromatic N) is 4. The van der Waals surface area contributed by atoms with Gasteiger partial charge in [-0.2, -0.15) is 0 Å². The van der Waals surface area contributed by atoms with E-state index in [9.17, 15) is 4.79 Å². The Labute approximate surface area is 150 Å². The van der Waals surface area contributed by atoms with E-state index in [1.54, 1.807) is 25.0 Å². The molecule has 0 aliphatic carbocycles. The van der Waals surface area contributed by atoms with Crippen LogP contribution in [0.1, 0.15) is 15.9 Å². The minimum atomic E-state index is -0.132. The lowest BCUT2D eigenvalue weighted by Crippen LogP contribution is -2.12. The van der Waals surface area contributed by atoms with Crippen LogP contribution in [0.3, 0.4) is 0 Å². The molecule has 128 valence electrons. The summed E-state index contributed by atoms with van der Waals surface area (Å²) in [6.07, 6.45) is 10.7. The van der Waals surface area contributed by atoms with Gasteiger partial charge in [0.25, 0.3) is 5.91 Å². The van der Waals surface area contributed by atoms with Gasteiger partial charge in [0.1, 0.15) is 0 Å². The molecule has 0 atom stereocenters. The van der Waals surface area contributed by atoms with E-state index < -0.39 is 0 Å². The van der Waals surface area contributed by atoms with Crippen LogP contribution in [0.25, 0.3) is 5.69 Å². The third-order valence-electron chi connectivity index (χ3n) is 4.04. The maximum absolute atomic E-state index is 12.5. The summed E-state index contributed by atoms with van der Waals surface area (Å²) in [5, 5.41) is 2.93. The van der Waals surface area contributed by atoms with E-state index in [0.29, 0.717) is 12.1 Å². The quantitative estimate of drug-likeness (QED) is 0.604. The molecule has 1 amide bonds. The number of hydrogen-bond donors (Lipinski definition) is 1. The van der Waals surface area contributed by atoms with Crippen LogP contribution in [0, 0.1) is 0 Å². The molecular formula is C20H17N5O. The highest BCUT2D eigenvalue weighted by molar-refractivity contribution is 6.04. The van der Waals surface area contributed by atoms with Gasteiger partial charge >= 0.3 is 0 Å². The van der Waals surface area contributed by atoms with Gasteiger partial charge in [0, 0.05) is 48.3 Å². The maximum Gasteiger partial charge on any atom is 0.255 e. The van der Waals surface area contributed by atoms with Crippen molar-refractivity contribution in [2.45, 2.75) is 6.54 Å². The van der Waals surface area contributed by atoms with Crippen LogP contribution < -0.4 is 5.32 Å². The number of rotatable bonds is 5. The minimum absolute atomic E-state index is 0.132. The van der Waals surface area contributed by atoms with E-state index in [-0.39, 0.29) is 5.91 Å². The minimum Gasteiger partial charge on any atom is -0.333 e. The Morgan fingerprint density at radius 1 is 0.962 bits per heavy atom. The van der Waals surface area contributed by atoms with Crippen molar-refractivity contribution >= 4 is 11.6 Å². The topological polar surface area (TPSA) is 64.7 Å². The Kier molecular flexibility index (Phi) is 4.30. The highest BCUT2D eigenvalue weighted by Crippen LogP contribution is 2.15. The molecule has 0 fully saturated rings. The molecule has 0 bridgehead atoms. The van der Waals surface area contributed by atoms with Gasteiger partial charge in [-0.15, -0.1) is 0 Å². The van der Waals surface area contributed by atoms with Crippen LogP contribution in [0.2, 0.25) is 0 Å². The zero-order valence-corrected chi connectivity index (χ0v) is 14.0. The molecule has 0 spiro atoms. The molecule has 0 unspecified atom stereocenters. The fourth-order valence-electron chi connectivity index (χ4n) is 2.73. The summed E-state index contributed by atoms with van der Waals surface area (Å²) in [5.74, 6) is -0.132. The van der Waals surface area contributed by atoms with Crippen molar-refractivity contribution in [2.24, 2.45) is 0 Å². The zero-order chi connectivity index (χ0) is 17.8. The second-order valence-corrected chi connectivity index (χ2v) is 5.91. The average molecular weight is 343 g/mol. The third-order valence-corrected chi connectivity index (χ3v) is 4.04. The molecule has 2 aromatic carbocycles. The highest BCUT2D eigenvalue weighted by atomic mass is 16.1. The first-order valence-corrected chi connectivity index (χ1v) is 8.22. The number of anilines is 1. The molecular weight excluding hydrogens is 326 g/mol. The van der Waals surface area contributed by atoms with Crippen LogP contribution in [-0.4, -0.2) is 25.0 Å². The first kappa shape index (κ1) is 15.8. The van der Waals surface area contributed by atoms with Crippen LogP contribution >= 0.6 is 0 Å². The van der Waals surface area contributed by atoms with Crippen molar-refractivity contribution in [3.63, 3.8) is 0 Å². The molecule has 0 aliphatic rings. The van der Waals surface area contributed by atoms with E-state index in [4.69, 9.17) is 0 Å². The monoisotopic (exact) mass is 343 g/mol. The van der Waals surface area contributed by atoms with Gasteiger partial charge in [0.15, 0.2) is 0 Å². The van der Waals surface area contributed by atoms with E-state index in [0.717, 1.165) is 16.9 Å². The molecule has 0 aliphatic heterocycles. The summed E-state index contributed by atoms with van der Waals surface area (Å²) >= 11 is 0. The van der Waals surface area contributed by atoms with Crippen molar-refractivity contribution in [3.05, 3.63) is 97.1 Å². The van der Waals surface area contributed by atoms with Gasteiger partial charge in [-0.3, -0.25) is 4.79 Å². The van der Waals surface area contributed by atoms with Gasteiger partial charge in [-0.1, -0.05) is 12.1 Å². The smallest absolute Gasteiger partial charge is 0.255 e. The lowest BCUT2D eigenvalue weighted by molar-refractivity contribution is 0.102. The number of benzene rings is 2. The standard InChI is InChI=1S/C20H17N5O/c26-20(17-3-1-2-16(12-17)13-24-10-8-21-14-24)23-18-4-6-19(7-5-18)25-11-9-22-15-25/h1-12,14-15H,13H2,(H,23,26). The second-order valence-electron chi connectivity index (χ2n) is 5.91. The van der Waals surface area contributed by atoms with E-state index in [2.05, 4.69) is 15.3 Å². The third kappa shape index (κ3) is 3.54. The van der Waals surface area contributed by atoms with Gasteiger partial charge in [-0.25, -0.2) is 9.97 Å². The van der Waals surface area contributed by atoms with Crippen molar-refractivity contribution in [1.82, 2.24) is 19.1 Å². The van der Waals surface area contributed by atoms with Gasteiger partial charge in [0.2, 0.25) is 0 Å². The SMILES string of the molecule is O=C(Nc1ccc(-n2ccnc2)cc1)c1cccc(Cn2ccnc2)c1. The number of nitrogens with one attached hydrogen (secondary N) is 1. The Bertz CT molecular complexity index is 989. The summed E-state index contributed by atoms with van der Waals surface area (Å²) in [7, 11) is 0. The predicted molar refractivity (Wildman–Crippen MR) is 99.3 cm³/mol. The molecule has 0 saturated carbocycles. The van der Waals surface area contributed by atoms with Crippen molar-refractivity contribution in [1.29, 1.82) is 0 Å². The van der Waals surface area contributed by atoms with Gasteiger partial charge in [0.05, 0.1) is 12.7 Å². The number of hydrogen-bond acceptors (Lipinski definition) is 3. The molecule has 2 aromatic heterocycles. The molecule has 6 nitrogen and oxygen atoms in total. The lowest BCUT2D eigenvalue weighted by Gasteiger charge is -2.09. The van der Waals surface area contributed by atoms with Crippen molar-refractivity contribution < 1.29 is 4.79 Å². The lowest BCUT2D eigenvalue weighted by atomic mass is 10.1. The number of imidazole rings is 2. The second kappa shape index (κ2) is 7.06. The average Bonchev–Trinajstić information content (AvgIpc) is 3.36. The summed E-state index contributed by atoms with van der Waals surface area (Å²) in [6, 6.07) is 15.2. The number of carbonyl (C=O) groups is 1. The highest BCUT2D eigenvalue weighted by Gasteiger charge is 2.07. The van der Waals surface area contributed by atoms with Crippen LogP contribution in [-0.2, 0) is 6.54 Å². The molecule has 26 heavy (non-hydrogen) atoms. The largest absolute Gasteiger partial charge is 0.333 e. The van der Waals surface area contributed by atoms with E-state index in [1.165, 1.54) is 0 Å². The number of carbonyl (C=O) groups excluding carboxylic acids is 1. The Hall–Kier alpha value is -3.67. The van der Waals surface area contributed by atoms with Crippen molar-refractivity contribution in [3.8, 4) is 5.69 Å². The molecule has 0 saturated heterocycles. The summed E-state index contributed by atoms with van der Waals surface area (Å²) in [6.45, 7) is 0.681. The Morgan fingerprint density at radius 3 is 2.50 bits per heavy atom. The molecule has 4 aromatic rings. The summed E-state index contributed by atoms with van der Waals surface area (Å²) in [5.41, 5.74) is 3.41. The molecule has 1 N–H and O–H groups in total. The van der Waals surface area contributed by atoms with Gasteiger partial charge in [-0.05, 0) is 42.0 Å². The molecule has 0 radical (unpaired) electrons. The number of amides is 1. The fourth-order valence-corrected chi connectivity index (χ4v) is 2.73. The van der Waals surface area contributed by atoms with Crippen molar-refractivity contribution in [2.75, 3.05) is 5.32 Å². The fraction of sp³-hybridized carbons (Fsp3) is 0.0500. The van der Waals surface area contributed by atoms with E-state index in [1.807, 2.05) is 70.1 Å². The molecule has 2 heterocycles. The van der Waals surface area contributed by atoms with Crippen LogP contribution in [0.5, 0.6) is 0 Å². The van der Waals surface area contributed by atoms with Crippen LogP contribution in [0.4, 0.5) is 5.69 Å². The maximum atomic E-state index is 12.5. The van der Waals surface area contributed by atoms with Gasteiger partial charge < -0.3 is 14.5 Å². The normalized spacial score (nSPS) is 10.6. The summed E-state index contributed by atoms with van der Waals surface area (Å²) < 4.78 is 3.87. The first-order chi connectivity index (χ1) is 12.8. The van der Waals surface area contributed by atoms with E-state index >= 15 is 0 Å². The summed E-state index contributed by atoms with van der Waals surface area (Å²) in [4.78, 5) is 20.6. The Balaban J connectivity index is 1.46. The Morgan fingerprint density at radius 2 is 1.77 bits per heavy atom.